The number of amides is 3. The number of rotatable bonds is 11. The summed E-state index contributed by atoms with van der Waals surface area (Å²) >= 11 is 0. The molecule has 5 aliphatic rings. The lowest BCUT2D eigenvalue weighted by Gasteiger charge is -2.55. The maximum absolute atomic E-state index is 15.1. The zero-order chi connectivity index (χ0) is 43.9. The van der Waals surface area contributed by atoms with E-state index in [9.17, 15) is 29.8 Å². The van der Waals surface area contributed by atoms with Crippen LogP contribution in [-0.2, 0) is 19.1 Å². The molecule has 0 spiro atoms. The monoisotopic (exact) mass is 852 g/mol. The van der Waals surface area contributed by atoms with Crippen molar-refractivity contribution in [1.29, 1.82) is 0 Å². The average molecular weight is 853 g/mol. The third-order valence-electron chi connectivity index (χ3n) is 13.4. The molecule has 1 aromatic heterocycles. The van der Waals surface area contributed by atoms with Gasteiger partial charge in [-0.05, 0) is 71.6 Å². The summed E-state index contributed by atoms with van der Waals surface area (Å²) in [5.74, 6) is -2.55. The molecule has 3 saturated heterocycles. The highest BCUT2D eigenvalue weighted by Crippen LogP contribution is 2.51. The van der Waals surface area contributed by atoms with Gasteiger partial charge in [-0.25, -0.2) is 8.78 Å². The third kappa shape index (κ3) is 8.01. The van der Waals surface area contributed by atoms with E-state index in [1.807, 2.05) is 4.58 Å². The minimum Gasteiger partial charge on any atom is -0.632 e. The standard InChI is InChI=1S/C41H55F2N11O7/c1-24(35(42)43)41(3)31-10-5-6-16-51(36(44)27-21-54(60,23-45-4)17-13-28(27)47-25-14-18-61-19-15-25)40(41,2)22-46-52(31)20-33(56)50-49-29-9-7-8-26-34(29)39(59)53(38(26)58)30-11-12-32(55)48-37(30)57/h7-9,22,25,30-31,35,45H,1,5-6,10-21,23H2,2-4H3,(H5,44,47,48,49,50,55,56,57,58,59)/p+1/t30?,31?,40-,41-,54?/m0/s1. The van der Waals surface area contributed by atoms with Crippen LogP contribution in [0.3, 0.4) is 0 Å². The van der Waals surface area contributed by atoms with Crippen LogP contribution >= 0.6 is 0 Å². The van der Waals surface area contributed by atoms with Gasteiger partial charge in [0.1, 0.15) is 31.4 Å². The molecule has 3 fully saturated rings. The van der Waals surface area contributed by atoms with E-state index < -0.39 is 70.1 Å². The molecule has 0 saturated carbocycles. The Morgan fingerprint density at radius 1 is 1.18 bits per heavy atom. The van der Waals surface area contributed by atoms with Crippen molar-refractivity contribution >= 4 is 46.2 Å². The number of fused-ring (bicyclic) bond motifs is 3. The van der Waals surface area contributed by atoms with Crippen LogP contribution in [0.5, 0.6) is 11.8 Å². The predicted molar refractivity (Wildman–Crippen MR) is 221 cm³/mol. The molecule has 7 N–H and O–H groups in total. The number of hydroxylamine groups is 3. The molecule has 7 rings (SSSR count). The van der Waals surface area contributed by atoms with Crippen molar-refractivity contribution in [2.24, 2.45) is 26.5 Å². The SMILES string of the molecule is C=C(C(F)F)[C@@]1(C)C2CCCC[N+](=C(N)C3=C(NC4CCOCC4)CC[N+]([O-])(CNC)C3)[C@@]1(C)C=NN2CC(=O)N=Nc1cccc2c(O)n(C3CCC(=O)NC3=O)c(O)c12. The number of hydrogen-bond donors (Lipinski definition) is 6. The first-order chi connectivity index (χ1) is 29.0. The van der Waals surface area contributed by atoms with E-state index in [1.54, 1.807) is 27.1 Å². The molecule has 6 heterocycles. The largest absolute Gasteiger partial charge is 0.632 e. The Balaban J connectivity index is 1.23. The van der Waals surface area contributed by atoms with Gasteiger partial charge in [-0.3, -0.25) is 44.9 Å². The van der Waals surface area contributed by atoms with Crippen molar-refractivity contribution in [2.45, 2.75) is 95.3 Å². The predicted octanol–water partition coefficient (Wildman–Crippen LogP) is 3.37. The summed E-state index contributed by atoms with van der Waals surface area (Å²) < 4.78 is 38.2. The number of hydrazone groups is 1. The molecule has 2 aromatic rings. The fourth-order valence-corrected chi connectivity index (χ4v) is 9.85. The number of nitrogens with zero attached hydrogens (tertiary/aromatic N) is 7. The Bertz CT molecular complexity index is 2220. The molecule has 0 radical (unpaired) electrons. The van der Waals surface area contributed by atoms with Crippen molar-refractivity contribution in [1.82, 2.24) is 25.5 Å². The highest BCUT2D eigenvalue weighted by Gasteiger charge is 2.62. The Morgan fingerprint density at radius 3 is 2.64 bits per heavy atom. The molecular formula is C41H56F2N11O7+. The molecule has 61 heavy (non-hydrogen) atoms. The third-order valence-corrected chi connectivity index (χ3v) is 13.4. The normalized spacial score (nSPS) is 29.9. The molecular weight excluding hydrogens is 797 g/mol. The first kappa shape index (κ1) is 43.8. The number of ether oxygens (including phenoxy) is 1. The van der Waals surface area contributed by atoms with Crippen LogP contribution in [0.4, 0.5) is 14.5 Å². The maximum Gasteiger partial charge on any atom is 0.285 e. The lowest BCUT2D eigenvalue weighted by atomic mass is 9.60. The zero-order valence-corrected chi connectivity index (χ0v) is 34.8. The van der Waals surface area contributed by atoms with Crippen LogP contribution in [-0.4, -0.2) is 136 Å². The van der Waals surface area contributed by atoms with E-state index >= 15 is 8.78 Å². The average Bonchev–Trinajstić information content (AvgIpc) is 3.48. The lowest BCUT2D eigenvalue weighted by molar-refractivity contribution is -0.879. The van der Waals surface area contributed by atoms with Gasteiger partial charge in [0.2, 0.25) is 23.6 Å². The molecule has 18 nitrogen and oxygen atoms in total. The molecule has 0 aliphatic carbocycles. The van der Waals surface area contributed by atoms with Gasteiger partial charge >= 0.3 is 0 Å². The number of aromatic nitrogens is 1. The van der Waals surface area contributed by atoms with E-state index in [1.165, 1.54) is 23.2 Å². The number of nitrogens with one attached hydrogen (secondary N) is 3. The molecule has 3 unspecified atom stereocenters. The van der Waals surface area contributed by atoms with Gasteiger partial charge in [-0.2, -0.15) is 5.10 Å². The van der Waals surface area contributed by atoms with Crippen LogP contribution in [0.25, 0.3) is 10.8 Å². The number of benzene rings is 1. The van der Waals surface area contributed by atoms with Crippen molar-refractivity contribution in [3.05, 3.63) is 46.8 Å². The van der Waals surface area contributed by atoms with Crippen LogP contribution < -0.4 is 21.7 Å². The van der Waals surface area contributed by atoms with Crippen LogP contribution in [0.15, 0.2) is 57.0 Å². The fraction of sp³-hybridized carbons (Fsp3) is 0.585. The number of quaternary nitrogens is 1. The summed E-state index contributed by atoms with van der Waals surface area (Å²) in [4.78, 5) is 38.0. The second-order valence-electron chi connectivity index (χ2n) is 17.0. The van der Waals surface area contributed by atoms with Gasteiger partial charge in [-0.1, -0.05) is 12.6 Å². The van der Waals surface area contributed by atoms with Crippen molar-refractivity contribution in [2.75, 3.05) is 53.1 Å². The Morgan fingerprint density at radius 2 is 1.93 bits per heavy atom. The molecule has 5 atom stereocenters. The molecule has 1 aromatic carbocycles. The van der Waals surface area contributed by atoms with Crippen LogP contribution in [0.2, 0.25) is 0 Å². The van der Waals surface area contributed by atoms with E-state index in [0.29, 0.717) is 63.4 Å². The molecule has 3 amide bonds. The number of halogens is 2. The second-order valence-corrected chi connectivity index (χ2v) is 17.0. The minimum atomic E-state index is -2.93. The van der Waals surface area contributed by atoms with Crippen molar-refractivity contribution in [3.63, 3.8) is 0 Å². The molecule has 330 valence electrons. The number of carbonyl (C=O) groups is 3. The Hall–Kier alpha value is -5.31. The highest BCUT2D eigenvalue weighted by atomic mass is 19.3. The summed E-state index contributed by atoms with van der Waals surface area (Å²) in [5, 5.41) is 59.6. The van der Waals surface area contributed by atoms with E-state index in [2.05, 4.69) is 32.8 Å². The number of azo groups is 1. The molecule has 2 bridgehead atoms. The summed E-state index contributed by atoms with van der Waals surface area (Å²) in [6.07, 6.45) is 2.27. The first-order valence-electron chi connectivity index (χ1n) is 20.8. The van der Waals surface area contributed by atoms with E-state index in [0.717, 1.165) is 23.1 Å². The number of nitrogens with two attached hydrogens (primary N) is 1. The smallest absolute Gasteiger partial charge is 0.285 e. The number of aromatic hydroxyl groups is 2. The van der Waals surface area contributed by atoms with Crippen molar-refractivity contribution < 1.29 is 47.3 Å². The lowest BCUT2D eigenvalue weighted by Crippen LogP contribution is -2.69. The van der Waals surface area contributed by atoms with Gasteiger partial charge in [0, 0.05) is 48.8 Å². The van der Waals surface area contributed by atoms with Gasteiger partial charge < -0.3 is 30.1 Å². The summed E-state index contributed by atoms with van der Waals surface area (Å²) in [6.45, 7) is 9.19. The number of imide groups is 1. The van der Waals surface area contributed by atoms with Gasteiger partial charge in [0.05, 0.1) is 41.8 Å². The highest BCUT2D eigenvalue weighted by molar-refractivity contribution is 6.04. The number of amidine groups is 1. The summed E-state index contributed by atoms with van der Waals surface area (Å²) in [6, 6.07) is 2.77. The fourth-order valence-electron chi connectivity index (χ4n) is 9.85. The maximum atomic E-state index is 15.1. The quantitative estimate of drug-likeness (QED) is 0.0365. The number of hydrogen-bond acceptors (Lipinski definition) is 12. The van der Waals surface area contributed by atoms with E-state index in [-0.39, 0.29) is 54.1 Å². The number of alkyl halides is 2. The topological polar surface area (TPSA) is 234 Å². The van der Waals surface area contributed by atoms with Crippen molar-refractivity contribution in [3.8, 4) is 11.8 Å². The second kappa shape index (κ2) is 17.2. The minimum absolute atomic E-state index is 0.00313. The van der Waals surface area contributed by atoms with Gasteiger partial charge in [0.25, 0.3) is 18.2 Å². The van der Waals surface area contributed by atoms with E-state index in [4.69, 9.17) is 15.6 Å². The first-order valence-corrected chi connectivity index (χ1v) is 20.8. The Labute approximate surface area is 352 Å². The van der Waals surface area contributed by atoms with Crippen LogP contribution in [0.1, 0.15) is 71.3 Å². The molecule has 5 aliphatic heterocycles. The molecule has 20 heteroatoms. The summed E-state index contributed by atoms with van der Waals surface area (Å²) in [7, 11) is 1.72. The summed E-state index contributed by atoms with van der Waals surface area (Å²) in [5.41, 5.74) is 5.63. The van der Waals surface area contributed by atoms with Gasteiger partial charge in [0.15, 0.2) is 5.54 Å². The number of piperidine rings is 1. The zero-order valence-electron chi connectivity index (χ0n) is 34.8. The number of carbonyl (C=O) groups excluding carboxylic acids is 3. The van der Waals surface area contributed by atoms with Crippen LogP contribution in [0, 0.1) is 10.6 Å². The Kier molecular flexibility index (Phi) is 12.4. The van der Waals surface area contributed by atoms with Gasteiger partial charge in [-0.15, -0.1) is 10.2 Å².